The van der Waals surface area contributed by atoms with Gasteiger partial charge in [0.15, 0.2) is 0 Å². The van der Waals surface area contributed by atoms with Crippen molar-refractivity contribution in [1.82, 2.24) is 14.8 Å². The number of carbonyl (C=O) groups is 3. The van der Waals surface area contributed by atoms with Gasteiger partial charge in [0.25, 0.3) is 5.91 Å². The van der Waals surface area contributed by atoms with Crippen LogP contribution in [0.5, 0.6) is 0 Å². The lowest BCUT2D eigenvalue weighted by Crippen LogP contribution is -2.38. The molecule has 3 amide bonds. The Kier molecular flexibility index (Phi) is 8.15. The van der Waals surface area contributed by atoms with Gasteiger partial charge >= 0.3 is 0 Å². The molecule has 0 aliphatic carbocycles. The summed E-state index contributed by atoms with van der Waals surface area (Å²) in [5, 5.41) is 5.79. The van der Waals surface area contributed by atoms with E-state index in [4.69, 9.17) is 0 Å². The molecule has 1 aliphatic rings. The Bertz CT molecular complexity index is 1230. The maximum atomic E-state index is 13.0. The van der Waals surface area contributed by atoms with Crippen LogP contribution in [0.15, 0.2) is 53.9 Å². The van der Waals surface area contributed by atoms with E-state index in [1.165, 1.54) is 16.2 Å². The maximum absolute atomic E-state index is 13.0. The molecule has 1 aliphatic heterocycles. The van der Waals surface area contributed by atoms with E-state index in [0.717, 1.165) is 40.2 Å². The summed E-state index contributed by atoms with van der Waals surface area (Å²) >= 11 is 1.50. The van der Waals surface area contributed by atoms with Crippen LogP contribution < -0.4 is 5.32 Å². The van der Waals surface area contributed by atoms with Gasteiger partial charge in [-0.3, -0.25) is 14.4 Å². The first kappa shape index (κ1) is 25.6. The van der Waals surface area contributed by atoms with Crippen molar-refractivity contribution >= 4 is 34.7 Å². The van der Waals surface area contributed by atoms with Crippen LogP contribution >= 0.6 is 11.3 Å². The van der Waals surface area contributed by atoms with Crippen LogP contribution in [0, 0.1) is 6.92 Å². The first-order chi connectivity index (χ1) is 17.3. The predicted octanol–water partition coefficient (Wildman–Crippen LogP) is 4.95. The van der Waals surface area contributed by atoms with Crippen molar-refractivity contribution in [2.75, 3.05) is 32.5 Å². The van der Waals surface area contributed by atoms with E-state index < -0.39 is 0 Å². The Labute approximate surface area is 216 Å². The zero-order chi connectivity index (χ0) is 25.7. The second-order valence-electron chi connectivity index (χ2n) is 9.38. The minimum absolute atomic E-state index is 0.0233. The molecule has 1 aromatic heterocycles. The van der Waals surface area contributed by atoms with Gasteiger partial charge in [0.2, 0.25) is 11.8 Å². The number of amides is 3. The third-order valence-corrected chi connectivity index (χ3v) is 7.52. The smallest absolute Gasteiger partial charge is 0.275 e. The number of aromatic nitrogens is 1. The van der Waals surface area contributed by atoms with Crippen LogP contribution in [0.3, 0.4) is 0 Å². The zero-order valence-electron chi connectivity index (χ0n) is 21.0. The largest absolute Gasteiger partial charge is 0.349 e. The number of likely N-dealkylation sites (tertiary alicyclic amines) is 1. The Morgan fingerprint density at radius 2 is 1.78 bits per heavy atom. The SMILES string of the molecule is Cc1ccc(NC(=O)c2csc(C3CCN(C(=O)CCC(=O)N(C)C)CC3)n2)c(-c2ccccc2)c1. The lowest BCUT2D eigenvalue weighted by Gasteiger charge is -2.31. The minimum atomic E-state index is -0.225. The third kappa shape index (κ3) is 6.18. The van der Waals surface area contributed by atoms with E-state index in [2.05, 4.69) is 16.4 Å². The Balaban J connectivity index is 1.36. The molecule has 1 saturated heterocycles. The molecule has 4 rings (SSSR count). The van der Waals surface area contributed by atoms with Crippen molar-refractivity contribution < 1.29 is 14.4 Å². The van der Waals surface area contributed by atoms with E-state index in [9.17, 15) is 14.4 Å². The molecule has 0 radical (unpaired) electrons. The van der Waals surface area contributed by atoms with E-state index in [1.54, 1.807) is 14.1 Å². The minimum Gasteiger partial charge on any atom is -0.349 e. The Hall–Kier alpha value is -3.52. The highest BCUT2D eigenvalue weighted by Crippen LogP contribution is 2.32. The number of nitrogens with zero attached hydrogens (tertiary/aromatic N) is 3. The van der Waals surface area contributed by atoms with Crippen molar-refractivity contribution in [2.24, 2.45) is 0 Å². The number of hydrogen-bond donors (Lipinski definition) is 1. The van der Waals surface area contributed by atoms with Crippen LogP contribution in [-0.2, 0) is 9.59 Å². The van der Waals surface area contributed by atoms with Gasteiger partial charge in [-0.15, -0.1) is 11.3 Å². The number of piperidine rings is 1. The number of benzene rings is 2. The molecule has 7 nitrogen and oxygen atoms in total. The first-order valence-electron chi connectivity index (χ1n) is 12.2. The highest BCUT2D eigenvalue weighted by atomic mass is 32.1. The number of aryl methyl sites for hydroxylation is 1. The number of anilines is 1. The number of hydrogen-bond acceptors (Lipinski definition) is 5. The van der Waals surface area contributed by atoms with Crippen LogP contribution in [0.25, 0.3) is 11.1 Å². The molecule has 0 spiro atoms. The molecular formula is C28H32N4O3S. The van der Waals surface area contributed by atoms with Gasteiger partial charge in [0.1, 0.15) is 5.69 Å². The monoisotopic (exact) mass is 504 g/mol. The van der Waals surface area contributed by atoms with Gasteiger partial charge in [-0.2, -0.15) is 0 Å². The molecule has 36 heavy (non-hydrogen) atoms. The van der Waals surface area contributed by atoms with Crippen molar-refractivity contribution in [3.63, 3.8) is 0 Å². The fraction of sp³-hybridized carbons (Fsp3) is 0.357. The standard InChI is InChI=1S/C28H32N4O3S/c1-19-9-10-23(22(17-19)20-7-5-4-6-8-20)29-27(35)24-18-36-28(30-24)21-13-15-32(16-14-21)26(34)12-11-25(33)31(2)3/h4-10,17-18,21H,11-16H2,1-3H3,(H,29,35). The Morgan fingerprint density at radius 1 is 1.06 bits per heavy atom. The summed E-state index contributed by atoms with van der Waals surface area (Å²) in [6, 6.07) is 16.0. The number of nitrogens with one attached hydrogen (secondary N) is 1. The van der Waals surface area contributed by atoms with Gasteiger partial charge in [-0.25, -0.2) is 4.98 Å². The number of carbonyl (C=O) groups excluding carboxylic acids is 3. The number of rotatable bonds is 7. The highest BCUT2D eigenvalue weighted by molar-refractivity contribution is 7.10. The summed E-state index contributed by atoms with van der Waals surface area (Å²) in [7, 11) is 3.40. The van der Waals surface area contributed by atoms with E-state index in [0.29, 0.717) is 18.8 Å². The van der Waals surface area contributed by atoms with Gasteiger partial charge in [-0.1, -0.05) is 42.0 Å². The number of thiazole rings is 1. The fourth-order valence-corrected chi connectivity index (χ4v) is 5.33. The molecule has 0 bridgehead atoms. The van der Waals surface area contributed by atoms with Gasteiger partial charge in [0.05, 0.1) is 5.01 Å². The van der Waals surface area contributed by atoms with Crippen LogP contribution in [0.1, 0.15) is 52.7 Å². The average Bonchev–Trinajstić information content (AvgIpc) is 3.39. The molecule has 2 heterocycles. The molecule has 1 N–H and O–H groups in total. The van der Waals surface area contributed by atoms with E-state index in [-0.39, 0.29) is 36.5 Å². The lowest BCUT2D eigenvalue weighted by molar-refractivity contribution is -0.136. The molecular weight excluding hydrogens is 472 g/mol. The molecule has 3 aromatic rings. The average molecular weight is 505 g/mol. The summed E-state index contributed by atoms with van der Waals surface area (Å²) in [6.45, 7) is 3.32. The van der Waals surface area contributed by atoms with Crippen molar-refractivity contribution in [3.05, 3.63) is 70.2 Å². The van der Waals surface area contributed by atoms with Crippen molar-refractivity contribution in [1.29, 1.82) is 0 Å². The molecule has 0 unspecified atom stereocenters. The summed E-state index contributed by atoms with van der Waals surface area (Å²) < 4.78 is 0. The molecule has 0 atom stereocenters. The predicted molar refractivity (Wildman–Crippen MR) is 143 cm³/mol. The topological polar surface area (TPSA) is 82.6 Å². The molecule has 2 aromatic carbocycles. The van der Waals surface area contributed by atoms with Crippen LogP contribution in [0.4, 0.5) is 5.69 Å². The lowest BCUT2D eigenvalue weighted by atomic mass is 9.97. The second kappa shape index (κ2) is 11.5. The highest BCUT2D eigenvalue weighted by Gasteiger charge is 2.26. The Morgan fingerprint density at radius 3 is 2.47 bits per heavy atom. The van der Waals surface area contributed by atoms with E-state index >= 15 is 0 Å². The van der Waals surface area contributed by atoms with Gasteiger partial charge in [-0.05, 0) is 37.5 Å². The zero-order valence-corrected chi connectivity index (χ0v) is 21.8. The fourth-order valence-electron chi connectivity index (χ4n) is 4.36. The van der Waals surface area contributed by atoms with Gasteiger partial charge in [0, 0.05) is 62.6 Å². The normalized spacial score (nSPS) is 13.9. The summed E-state index contributed by atoms with van der Waals surface area (Å²) in [5.41, 5.74) is 4.31. The quantitative estimate of drug-likeness (QED) is 0.494. The third-order valence-electron chi connectivity index (χ3n) is 6.51. The molecule has 188 valence electrons. The molecule has 1 fully saturated rings. The summed E-state index contributed by atoms with van der Waals surface area (Å²) in [6.07, 6.45) is 2.09. The summed E-state index contributed by atoms with van der Waals surface area (Å²) in [4.78, 5) is 45.3. The van der Waals surface area contributed by atoms with Crippen molar-refractivity contribution in [2.45, 2.75) is 38.5 Å². The van der Waals surface area contributed by atoms with E-state index in [1.807, 2.05) is 59.7 Å². The first-order valence-corrected chi connectivity index (χ1v) is 13.1. The van der Waals surface area contributed by atoms with Crippen LogP contribution in [0.2, 0.25) is 0 Å². The molecule has 0 saturated carbocycles. The maximum Gasteiger partial charge on any atom is 0.275 e. The van der Waals surface area contributed by atoms with Crippen molar-refractivity contribution in [3.8, 4) is 11.1 Å². The van der Waals surface area contributed by atoms with Gasteiger partial charge < -0.3 is 15.1 Å². The summed E-state index contributed by atoms with van der Waals surface area (Å²) in [5.74, 6) is -0.0107. The van der Waals surface area contributed by atoms with Crippen LogP contribution in [-0.4, -0.2) is 59.7 Å². The molecule has 8 heteroatoms. The second-order valence-corrected chi connectivity index (χ2v) is 10.3.